The molecule has 0 saturated heterocycles. The van der Waals surface area contributed by atoms with Crippen molar-refractivity contribution in [2.45, 2.75) is 26.4 Å². The van der Waals surface area contributed by atoms with Gasteiger partial charge in [0.2, 0.25) is 5.91 Å². The van der Waals surface area contributed by atoms with Crippen molar-refractivity contribution in [3.63, 3.8) is 0 Å². The van der Waals surface area contributed by atoms with E-state index in [0.29, 0.717) is 12.3 Å². The van der Waals surface area contributed by atoms with Crippen LogP contribution in [-0.4, -0.2) is 43.0 Å². The Morgan fingerprint density at radius 1 is 1.06 bits per heavy atom. The van der Waals surface area contributed by atoms with E-state index in [1.54, 1.807) is 14.0 Å². The first-order valence-electron chi connectivity index (χ1n) is 10.4. The van der Waals surface area contributed by atoms with Crippen LogP contribution in [0, 0.1) is 0 Å². The van der Waals surface area contributed by atoms with Gasteiger partial charge in [0.15, 0.2) is 6.61 Å². The van der Waals surface area contributed by atoms with E-state index in [1.807, 2.05) is 67.6 Å². The summed E-state index contributed by atoms with van der Waals surface area (Å²) in [5.74, 6) is 0.820. The second-order valence-electron chi connectivity index (χ2n) is 7.33. The van der Waals surface area contributed by atoms with Crippen molar-refractivity contribution in [3.05, 3.63) is 70.7 Å². The maximum Gasteiger partial charge on any atom is 0.261 e. The van der Waals surface area contributed by atoms with Crippen LogP contribution >= 0.6 is 15.9 Å². The van der Waals surface area contributed by atoms with E-state index in [1.165, 1.54) is 4.90 Å². The normalized spacial score (nSPS) is 11.6. The summed E-state index contributed by atoms with van der Waals surface area (Å²) in [5.41, 5.74) is 0.891. The summed E-state index contributed by atoms with van der Waals surface area (Å²) in [6.07, 6.45) is 0. The van der Waals surface area contributed by atoms with Crippen LogP contribution in [0.1, 0.15) is 19.4 Å². The van der Waals surface area contributed by atoms with Crippen LogP contribution in [0.3, 0.4) is 0 Å². The number of carbonyl (C=O) groups is 2. The Labute approximate surface area is 196 Å². The molecule has 3 rings (SSSR count). The third-order valence-corrected chi connectivity index (χ3v) is 6.03. The van der Waals surface area contributed by atoms with Crippen molar-refractivity contribution in [1.29, 1.82) is 0 Å². The summed E-state index contributed by atoms with van der Waals surface area (Å²) < 4.78 is 11.9. The fourth-order valence-corrected chi connectivity index (χ4v) is 3.99. The van der Waals surface area contributed by atoms with Gasteiger partial charge in [-0.1, -0.05) is 42.5 Å². The highest BCUT2D eigenvalue weighted by Crippen LogP contribution is 2.33. The van der Waals surface area contributed by atoms with Crippen molar-refractivity contribution in [3.8, 4) is 11.5 Å². The maximum absolute atomic E-state index is 13.2. The van der Waals surface area contributed by atoms with Gasteiger partial charge in [-0.25, -0.2) is 0 Å². The molecule has 2 amide bonds. The lowest BCUT2D eigenvalue weighted by Gasteiger charge is -2.28. The maximum atomic E-state index is 13.2. The average Bonchev–Trinajstić information content (AvgIpc) is 2.82. The molecule has 0 bridgehead atoms. The molecule has 0 aliphatic heterocycles. The van der Waals surface area contributed by atoms with E-state index >= 15 is 0 Å². The zero-order valence-electron chi connectivity index (χ0n) is 18.4. The van der Waals surface area contributed by atoms with Crippen LogP contribution in [0.25, 0.3) is 10.8 Å². The minimum atomic E-state index is -0.645. The van der Waals surface area contributed by atoms with Gasteiger partial charge in [0, 0.05) is 13.1 Å². The number of benzene rings is 3. The number of carbonyl (C=O) groups excluding carboxylic acids is 2. The van der Waals surface area contributed by atoms with Gasteiger partial charge in [0.25, 0.3) is 5.91 Å². The lowest BCUT2D eigenvalue weighted by Crippen LogP contribution is -2.49. The van der Waals surface area contributed by atoms with Crippen LogP contribution in [0.15, 0.2) is 65.1 Å². The molecule has 1 N–H and O–H groups in total. The number of nitrogens with one attached hydrogen (secondary N) is 1. The zero-order chi connectivity index (χ0) is 23.1. The molecule has 7 heteroatoms. The molecule has 3 aromatic carbocycles. The molecule has 0 aliphatic carbocycles. The molecule has 0 heterocycles. The first-order chi connectivity index (χ1) is 15.4. The first kappa shape index (κ1) is 23.6. The number of methoxy groups -OCH3 is 1. The molecule has 6 nitrogen and oxygen atoms in total. The molecule has 0 radical (unpaired) electrons. The number of amides is 2. The van der Waals surface area contributed by atoms with Crippen molar-refractivity contribution < 1.29 is 19.1 Å². The number of likely N-dealkylation sites (N-methyl/N-ethyl adjacent to an activating group) is 1. The quantitative estimate of drug-likeness (QED) is 0.470. The first-order valence-corrected chi connectivity index (χ1v) is 11.2. The van der Waals surface area contributed by atoms with E-state index in [9.17, 15) is 9.59 Å². The molecule has 3 aromatic rings. The van der Waals surface area contributed by atoms with Gasteiger partial charge in [-0.05, 0) is 64.3 Å². The van der Waals surface area contributed by atoms with Gasteiger partial charge in [0.05, 0.1) is 11.6 Å². The van der Waals surface area contributed by atoms with Gasteiger partial charge in [-0.2, -0.15) is 0 Å². The smallest absolute Gasteiger partial charge is 0.261 e. The molecular formula is C25H27BrN2O4. The molecule has 0 spiro atoms. The Morgan fingerprint density at radius 2 is 1.78 bits per heavy atom. The number of nitrogens with zero attached hydrogens (tertiary/aromatic N) is 1. The van der Waals surface area contributed by atoms with Crippen LogP contribution in [0.2, 0.25) is 0 Å². The SMILES string of the molecule is CCNC(=O)[C@H](C)N(Cc1ccc(OC)cc1)C(=O)COc1ccc2ccccc2c1Br. The van der Waals surface area contributed by atoms with Crippen LogP contribution in [-0.2, 0) is 16.1 Å². The van der Waals surface area contributed by atoms with E-state index < -0.39 is 6.04 Å². The van der Waals surface area contributed by atoms with Crippen molar-refractivity contribution in [2.75, 3.05) is 20.3 Å². The number of ether oxygens (including phenoxy) is 2. The fraction of sp³-hybridized carbons (Fsp3) is 0.280. The Kier molecular flexibility index (Phi) is 8.11. The van der Waals surface area contributed by atoms with Crippen molar-refractivity contribution in [2.24, 2.45) is 0 Å². The highest BCUT2D eigenvalue weighted by atomic mass is 79.9. The summed E-state index contributed by atoms with van der Waals surface area (Å²) in [5, 5.41) is 4.86. The summed E-state index contributed by atoms with van der Waals surface area (Å²) in [6.45, 7) is 4.16. The summed E-state index contributed by atoms with van der Waals surface area (Å²) in [7, 11) is 1.60. The second kappa shape index (κ2) is 11.0. The molecular weight excluding hydrogens is 472 g/mol. The number of halogens is 1. The monoisotopic (exact) mass is 498 g/mol. The van der Waals surface area contributed by atoms with Gasteiger partial charge in [-0.3, -0.25) is 9.59 Å². The molecule has 1 atom stereocenters. The number of fused-ring (bicyclic) bond motifs is 1. The molecule has 0 saturated carbocycles. The molecule has 0 unspecified atom stereocenters. The standard InChI is InChI=1S/C25H27BrN2O4/c1-4-27-25(30)17(2)28(15-18-9-12-20(31-3)13-10-18)23(29)16-32-22-14-11-19-7-5-6-8-21(19)24(22)26/h5-14,17H,4,15-16H2,1-3H3,(H,27,30)/t17-/m0/s1. The van der Waals surface area contributed by atoms with Crippen molar-refractivity contribution in [1.82, 2.24) is 10.2 Å². The highest BCUT2D eigenvalue weighted by molar-refractivity contribution is 9.10. The van der Waals surface area contributed by atoms with Gasteiger partial charge in [0.1, 0.15) is 17.5 Å². The Bertz CT molecular complexity index is 1080. The Balaban J connectivity index is 1.78. The van der Waals surface area contributed by atoms with E-state index in [2.05, 4.69) is 21.2 Å². The van der Waals surface area contributed by atoms with Gasteiger partial charge in [-0.15, -0.1) is 0 Å². The molecule has 0 aliphatic rings. The molecule has 0 fully saturated rings. The molecule has 168 valence electrons. The zero-order valence-corrected chi connectivity index (χ0v) is 20.0. The van der Waals surface area contributed by atoms with Gasteiger partial charge >= 0.3 is 0 Å². The minimum Gasteiger partial charge on any atom is -0.497 e. The number of hydrogen-bond acceptors (Lipinski definition) is 4. The molecule has 32 heavy (non-hydrogen) atoms. The van der Waals surface area contributed by atoms with E-state index in [0.717, 1.165) is 26.6 Å². The minimum absolute atomic E-state index is 0.184. The Hall–Kier alpha value is -3.06. The summed E-state index contributed by atoms with van der Waals surface area (Å²) >= 11 is 3.58. The van der Waals surface area contributed by atoms with Crippen LogP contribution < -0.4 is 14.8 Å². The van der Waals surface area contributed by atoms with E-state index in [-0.39, 0.29) is 25.0 Å². The lowest BCUT2D eigenvalue weighted by molar-refractivity contribution is -0.142. The van der Waals surface area contributed by atoms with Crippen LogP contribution in [0.4, 0.5) is 0 Å². The summed E-state index contributed by atoms with van der Waals surface area (Å²) in [4.78, 5) is 27.2. The predicted octanol–water partition coefficient (Wildman–Crippen LogP) is 4.54. The average molecular weight is 499 g/mol. The predicted molar refractivity (Wildman–Crippen MR) is 129 cm³/mol. The number of hydrogen-bond donors (Lipinski definition) is 1. The topological polar surface area (TPSA) is 67.9 Å². The van der Waals surface area contributed by atoms with Crippen molar-refractivity contribution >= 4 is 38.5 Å². The van der Waals surface area contributed by atoms with E-state index in [4.69, 9.17) is 9.47 Å². The van der Waals surface area contributed by atoms with Gasteiger partial charge < -0.3 is 19.7 Å². The largest absolute Gasteiger partial charge is 0.497 e. The third-order valence-electron chi connectivity index (χ3n) is 5.21. The lowest BCUT2D eigenvalue weighted by atomic mass is 10.1. The molecule has 0 aromatic heterocycles. The second-order valence-corrected chi connectivity index (χ2v) is 8.12. The number of rotatable bonds is 9. The fourth-order valence-electron chi connectivity index (χ4n) is 3.38. The third kappa shape index (κ3) is 5.59. The van der Waals surface area contributed by atoms with Crippen LogP contribution in [0.5, 0.6) is 11.5 Å². The summed E-state index contributed by atoms with van der Waals surface area (Å²) in [6, 6.07) is 18.5. The Morgan fingerprint density at radius 3 is 2.47 bits per heavy atom. The highest BCUT2D eigenvalue weighted by Gasteiger charge is 2.26.